The van der Waals surface area contributed by atoms with Crippen LogP contribution in [0.3, 0.4) is 0 Å². The second kappa shape index (κ2) is 7.86. The minimum absolute atomic E-state index is 0.368. The molecule has 1 aromatic carbocycles. The average molecular weight is 394 g/mol. The maximum atomic E-state index is 6.06. The molecule has 0 saturated heterocycles. The van der Waals surface area contributed by atoms with E-state index >= 15 is 0 Å². The van der Waals surface area contributed by atoms with Gasteiger partial charge >= 0.3 is 0 Å². The fourth-order valence-electron chi connectivity index (χ4n) is 3.13. The van der Waals surface area contributed by atoms with Crippen molar-refractivity contribution in [2.45, 2.75) is 26.4 Å². The van der Waals surface area contributed by atoms with Crippen LogP contribution in [0.2, 0.25) is 5.15 Å². The SMILES string of the molecule is CCc1c(Cc2ccc(OCc3ccccc3)nc2)nn2c(N)cc(Cl)nc12. The molecule has 0 amide bonds. The first kappa shape index (κ1) is 18.3. The quantitative estimate of drug-likeness (QED) is 0.499. The Hall–Kier alpha value is -3.12. The third kappa shape index (κ3) is 3.77. The zero-order chi connectivity index (χ0) is 19.5. The van der Waals surface area contributed by atoms with Crippen molar-refractivity contribution in [1.29, 1.82) is 0 Å². The van der Waals surface area contributed by atoms with Crippen molar-refractivity contribution in [3.63, 3.8) is 0 Å². The van der Waals surface area contributed by atoms with Gasteiger partial charge in [-0.05, 0) is 17.5 Å². The summed E-state index contributed by atoms with van der Waals surface area (Å²) >= 11 is 6.06. The Kier molecular flexibility index (Phi) is 5.12. The second-order valence-corrected chi connectivity index (χ2v) is 6.86. The van der Waals surface area contributed by atoms with E-state index in [0.717, 1.165) is 28.8 Å². The number of pyridine rings is 1. The van der Waals surface area contributed by atoms with Gasteiger partial charge in [0.2, 0.25) is 5.88 Å². The summed E-state index contributed by atoms with van der Waals surface area (Å²) in [5.74, 6) is 1.06. The molecule has 0 aliphatic carbocycles. The Labute approximate surface area is 168 Å². The molecule has 0 unspecified atom stereocenters. The average Bonchev–Trinajstić information content (AvgIpc) is 3.05. The number of hydrogen-bond acceptors (Lipinski definition) is 5. The van der Waals surface area contributed by atoms with Gasteiger partial charge in [0.15, 0.2) is 5.65 Å². The molecule has 4 aromatic rings. The molecule has 0 aliphatic rings. The Bertz CT molecular complexity index is 1090. The van der Waals surface area contributed by atoms with Gasteiger partial charge in [-0.15, -0.1) is 0 Å². The lowest BCUT2D eigenvalue weighted by molar-refractivity contribution is 0.294. The van der Waals surface area contributed by atoms with Gasteiger partial charge in [0, 0.05) is 30.3 Å². The van der Waals surface area contributed by atoms with Gasteiger partial charge in [0.25, 0.3) is 0 Å². The van der Waals surface area contributed by atoms with Crippen LogP contribution >= 0.6 is 11.6 Å². The summed E-state index contributed by atoms with van der Waals surface area (Å²) < 4.78 is 7.39. The van der Waals surface area contributed by atoms with E-state index in [9.17, 15) is 0 Å². The van der Waals surface area contributed by atoms with Gasteiger partial charge in [0.1, 0.15) is 17.6 Å². The Morgan fingerprint density at radius 2 is 1.93 bits per heavy atom. The van der Waals surface area contributed by atoms with E-state index in [1.807, 2.05) is 48.7 Å². The predicted octanol–water partition coefficient (Wildman–Crippen LogP) is 4.09. The molecule has 142 valence electrons. The number of halogens is 1. The number of rotatable bonds is 6. The fraction of sp³-hybridized carbons (Fsp3) is 0.190. The van der Waals surface area contributed by atoms with Gasteiger partial charge in [-0.3, -0.25) is 0 Å². The first-order valence-electron chi connectivity index (χ1n) is 9.08. The molecule has 3 aromatic heterocycles. The molecule has 28 heavy (non-hydrogen) atoms. The highest BCUT2D eigenvalue weighted by molar-refractivity contribution is 6.29. The van der Waals surface area contributed by atoms with Gasteiger partial charge in [-0.2, -0.15) is 9.61 Å². The number of benzene rings is 1. The van der Waals surface area contributed by atoms with Gasteiger partial charge < -0.3 is 10.5 Å². The van der Waals surface area contributed by atoms with Crippen LogP contribution in [0.15, 0.2) is 54.7 Å². The zero-order valence-electron chi connectivity index (χ0n) is 15.5. The van der Waals surface area contributed by atoms with Gasteiger partial charge in [0.05, 0.1) is 5.69 Å². The van der Waals surface area contributed by atoms with Crippen molar-refractivity contribution in [2.24, 2.45) is 0 Å². The van der Waals surface area contributed by atoms with Crippen LogP contribution in [-0.4, -0.2) is 19.6 Å². The second-order valence-electron chi connectivity index (χ2n) is 6.47. The summed E-state index contributed by atoms with van der Waals surface area (Å²) in [5, 5.41) is 5.00. The largest absolute Gasteiger partial charge is 0.473 e. The number of nitrogens with two attached hydrogens (primary N) is 1. The summed E-state index contributed by atoms with van der Waals surface area (Å²) in [4.78, 5) is 8.80. The summed E-state index contributed by atoms with van der Waals surface area (Å²) in [5.41, 5.74) is 10.8. The molecule has 4 rings (SSSR count). The predicted molar refractivity (Wildman–Crippen MR) is 110 cm³/mol. The molecular weight excluding hydrogens is 374 g/mol. The monoisotopic (exact) mass is 393 g/mol. The van der Waals surface area contributed by atoms with Crippen LogP contribution in [0.4, 0.5) is 5.82 Å². The van der Waals surface area contributed by atoms with Crippen molar-refractivity contribution < 1.29 is 4.74 Å². The number of nitrogen functional groups attached to an aromatic ring is 1. The normalized spacial score (nSPS) is 11.1. The molecule has 0 atom stereocenters. The van der Waals surface area contributed by atoms with E-state index in [-0.39, 0.29) is 0 Å². The molecule has 0 spiro atoms. The van der Waals surface area contributed by atoms with Crippen molar-refractivity contribution in [3.05, 3.63) is 82.3 Å². The van der Waals surface area contributed by atoms with E-state index in [1.165, 1.54) is 0 Å². The van der Waals surface area contributed by atoms with Crippen molar-refractivity contribution in [1.82, 2.24) is 19.6 Å². The van der Waals surface area contributed by atoms with Gasteiger partial charge in [-0.1, -0.05) is 54.9 Å². The topological polar surface area (TPSA) is 78.3 Å². The molecular formula is C21H20ClN5O. The number of anilines is 1. The molecule has 7 heteroatoms. The molecule has 6 nitrogen and oxygen atoms in total. The van der Waals surface area contributed by atoms with Gasteiger partial charge in [-0.25, -0.2) is 9.97 Å². The molecule has 0 bridgehead atoms. The highest BCUT2D eigenvalue weighted by Crippen LogP contribution is 2.23. The summed E-state index contributed by atoms with van der Waals surface area (Å²) in [6.45, 7) is 2.56. The number of aryl methyl sites for hydroxylation is 1. The van der Waals surface area contributed by atoms with E-state index in [1.54, 1.807) is 10.6 Å². The standard InChI is InChI=1S/C21H20ClN5O/c1-2-16-17(26-27-19(23)11-18(22)25-21(16)27)10-15-8-9-20(24-12-15)28-13-14-6-4-3-5-7-14/h3-9,11-12H,2,10,13,23H2,1H3. The Morgan fingerprint density at radius 1 is 1.11 bits per heavy atom. The number of hydrogen-bond donors (Lipinski definition) is 1. The third-order valence-corrected chi connectivity index (χ3v) is 4.71. The van der Waals surface area contributed by atoms with Crippen LogP contribution in [0.25, 0.3) is 5.65 Å². The first-order chi connectivity index (χ1) is 13.6. The molecule has 3 heterocycles. The summed E-state index contributed by atoms with van der Waals surface area (Å²) in [6.07, 6.45) is 3.24. The van der Waals surface area contributed by atoms with Crippen molar-refractivity contribution in [3.8, 4) is 5.88 Å². The van der Waals surface area contributed by atoms with E-state index in [0.29, 0.717) is 35.5 Å². The molecule has 0 aliphatic heterocycles. The molecule has 2 N–H and O–H groups in total. The van der Waals surface area contributed by atoms with Crippen LogP contribution < -0.4 is 10.5 Å². The van der Waals surface area contributed by atoms with E-state index in [4.69, 9.17) is 22.1 Å². The van der Waals surface area contributed by atoms with E-state index in [2.05, 4.69) is 22.0 Å². The lowest BCUT2D eigenvalue weighted by atomic mass is 10.1. The first-order valence-corrected chi connectivity index (χ1v) is 9.46. The van der Waals surface area contributed by atoms with Crippen LogP contribution in [-0.2, 0) is 19.4 Å². The van der Waals surface area contributed by atoms with Crippen LogP contribution in [0.5, 0.6) is 5.88 Å². The van der Waals surface area contributed by atoms with Crippen LogP contribution in [0.1, 0.15) is 29.3 Å². The van der Waals surface area contributed by atoms with Crippen LogP contribution in [0, 0.1) is 0 Å². The zero-order valence-corrected chi connectivity index (χ0v) is 16.2. The Balaban J connectivity index is 1.52. The fourth-order valence-corrected chi connectivity index (χ4v) is 3.32. The highest BCUT2D eigenvalue weighted by Gasteiger charge is 2.15. The maximum Gasteiger partial charge on any atom is 0.213 e. The lowest BCUT2D eigenvalue weighted by Gasteiger charge is -2.06. The minimum Gasteiger partial charge on any atom is -0.473 e. The number of fused-ring (bicyclic) bond motifs is 1. The van der Waals surface area contributed by atoms with Crippen molar-refractivity contribution >= 4 is 23.1 Å². The number of ether oxygens (including phenoxy) is 1. The number of nitrogens with zero attached hydrogens (tertiary/aromatic N) is 4. The Morgan fingerprint density at radius 3 is 2.64 bits per heavy atom. The highest BCUT2D eigenvalue weighted by atomic mass is 35.5. The smallest absolute Gasteiger partial charge is 0.213 e. The molecule has 0 radical (unpaired) electrons. The van der Waals surface area contributed by atoms with Crippen molar-refractivity contribution in [2.75, 3.05) is 5.73 Å². The summed E-state index contributed by atoms with van der Waals surface area (Å²) in [6, 6.07) is 15.5. The third-order valence-electron chi connectivity index (χ3n) is 4.52. The number of aromatic nitrogens is 4. The molecule has 0 fully saturated rings. The van der Waals surface area contributed by atoms with E-state index < -0.39 is 0 Å². The lowest BCUT2D eigenvalue weighted by Crippen LogP contribution is -2.00. The maximum absolute atomic E-state index is 6.06. The summed E-state index contributed by atoms with van der Waals surface area (Å²) in [7, 11) is 0. The minimum atomic E-state index is 0.368. The molecule has 0 saturated carbocycles.